The average Bonchev–Trinajstić information content (AvgIpc) is 3.28. The topological polar surface area (TPSA) is 51.0 Å². The molecule has 1 atom stereocenters. The molecule has 0 amide bonds. The van der Waals surface area contributed by atoms with Crippen molar-refractivity contribution in [2.45, 2.75) is 26.2 Å². The Balaban J connectivity index is 1.51. The minimum Gasteiger partial charge on any atom is -0.331 e. The molecule has 1 fully saturated rings. The van der Waals surface area contributed by atoms with Crippen molar-refractivity contribution in [3.8, 4) is 11.3 Å². The van der Waals surface area contributed by atoms with Crippen LogP contribution in [0.2, 0.25) is 0 Å². The van der Waals surface area contributed by atoms with E-state index in [0.29, 0.717) is 25.2 Å². The molecule has 1 aliphatic heterocycles. The van der Waals surface area contributed by atoms with Crippen LogP contribution in [0.1, 0.15) is 17.9 Å². The lowest BCUT2D eigenvalue weighted by Crippen LogP contribution is -2.28. The van der Waals surface area contributed by atoms with E-state index in [4.69, 9.17) is 0 Å². The summed E-state index contributed by atoms with van der Waals surface area (Å²) < 4.78 is 27.1. The van der Waals surface area contributed by atoms with E-state index in [2.05, 4.69) is 16.0 Å². The van der Waals surface area contributed by atoms with Gasteiger partial charge in [0.15, 0.2) is 0 Å². The van der Waals surface area contributed by atoms with Gasteiger partial charge in [0.1, 0.15) is 11.6 Å². The zero-order chi connectivity index (χ0) is 20.5. The van der Waals surface area contributed by atoms with E-state index in [1.54, 1.807) is 11.1 Å². The van der Waals surface area contributed by atoms with Gasteiger partial charge >= 0.3 is 0 Å². The van der Waals surface area contributed by atoms with Crippen LogP contribution < -0.4 is 0 Å². The lowest BCUT2D eigenvalue weighted by atomic mass is 9.98. The third-order valence-electron chi connectivity index (χ3n) is 5.77. The number of alkyl halides is 2. The van der Waals surface area contributed by atoms with E-state index in [-0.39, 0.29) is 24.7 Å². The first-order valence-electron chi connectivity index (χ1n) is 9.81. The molecule has 29 heavy (non-hydrogen) atoms. The highest BCUT2D eigenvalue weighted by atomic mass is 19.3. The number of Topliss-reactive ketones (excluding diaryl/α,β-unsaturated/α-hetero) is 1. The summed E-state index contributed by atoms with van der Waals surface area (Å²) in [6, 6.07) is 8.10. The Hall–Kier alpha value is -2.67. The summed E-state index contributed by atoms with van der Waals surface area (Å²) in [7, 11) is 1.98. The SMILES string of the molecule is Cc1ncc(-c2ccc3cnc(CC(=O)C4CCN(CC(F)F)C4)cc3c2)n1C. The first kappa shape index (κ1) is 19.6. The fraction of sp³-hybridized carbons (Fsp3) is 0.409. The number of rotatable bonds is 6. The van der Waals surface area contributed by atoms with E-state index in [1.165, 1.54) is 0 Å². The predicted molar refractivity (Wildman–Crippen MR) is 108 cm³/mol. The number of fused-ring (bicyclic) bond motifs is 1. The summed E-state index contributed by atoms with van der Waals surface area (Å²) >= 11 is 0. The minimum atomic E-state index is -2.36. The van der Waals surface area contributed by atoms with Crippen LogP contribution in [0.15, 0.2) is 36.7 Å². The quantitative estimate of drug-likeness (QED) is 0.636. The Kier molecular flexibility index (Phi) is 5.41. The van der Waals surface area contributed by atoms with Crippen molar-refractivity contribution in [2.75, 3.05) is 19.6 Å². The van der Waals surface area contributed by atoms with Gasteiger partial charge < -0.3 is 4.57 Å². The third kappa shape index (κ3) is 4.19. The van der Waals surface area contributed by atoms with Crippen molar-refractivity contribution in [3.63, 3.8) is 0 Å². The maximum atomic E-state index is 12.7. The van der Waals surface area contributed by atoms with E-state index >= 15 is 0 Å². The first-order chi connectivity index (χ1) is 13.9. The summed E-state index contributed by atoms with van der Waals surface area (Å²) in [6.45, 7) is 2.68. The molecule has 3 heterocycles. The molecule has 1 unspecified atom stereocenters. The second-order valence-electron chi connectivity index (χ2n) is 7.77. The van der Waals surface area contributed by atoms with Crippen LogP contribution in [0.3, 0.4) is 0 Å². The Morgan fingerprint density at radius 3 is 2.76 bits per heavy atom. The zero-order valence-corrected chi connectivity index (χ0v) is 16.6. The normalized spacial score (nSPS) is 17.5. The van der Waals surface area contributed by atoms with Crippen molar-refractivity contribution in [1.29, 1.82) is 0 Å². The Morgan fingerprint density at radius 2 is 2.03 bits per heavy atom. The monoisotopic (exact) mass is 398 g/mol. The maximum Gasteiger partial charge on any atom is 0.251 e. The molecular weight excluding hydrogens is 374 g/mol. The average molecular weight is 398 g/mol. The predicted octanol–water partition coefficient (Wildman–Crippen LogP) is 3.64. The Morgan fingerprint density at radius 1 is 1.21 bits per heavy atom. The van der Waals surface area contributed by atoms with Crippen LogP contribution in [0.4, 0.5) is 8.78 Å². The molecule has 0 N–H and O–H groups in total. The second-order valence-corrected chi connectivity index (χ2v) is 7.77. The molecule has 0 bridgehead atoms. The van der Waals surface area contributed by atoms with Crippen LogP contribution in [0.5, 0.6) is 0 Å². The number of nitrogens with zero attached hydrogens (tertiary/aromatic N) is 4. The van der Waals surface area contributed by atoms with Crippen molar-refractivity contribution >= 4 is 16.6 Å². The largest absolute Gasteiger partial charge is 0.331 e. The molecular formula is C22H24F2N4O. The summed E-state index contributed by atoms with van der Waals surface area (Å²) in [4.78, 5) is 23.1. The molecule has 2 aromatic heterocycles. The fourth-order valence-electron chi connectivity index (χ4n) is 3.99. The summed E-state index contributed by atoms with van der Waals surface area (Å²) in [5, 5.41) is 2.03. The molecule has 1 saturated heterocycles. The number of benzene rings is 1. The van der Waals surface area contributed by atoms with Gasteiger partial charge in [-0.15, -0.1) is 0 Å². The molecule has 4 rings (SSSR count). The van der Waals surface area contributed by atoms with Crippen molar-refractivity contribution in [1.82, 2.24) is 19.4 Å². The van der Waals surface area contributed by atoms with Crippen LogP contribution in [-0.2, 0) is 18.3 Å². The maximum absolute atomic E-state index is 12.7. The van der Waals surface area contributed by atoms with Crippen LogP contribution >= 0.6 is 0 Å². The third-order valence-corrected chi connectivity index (χ3v) is 5.77. The molecule has 5 nitrogen and oxygen atoms in total. The van der Waals surface area contributed by atoms with Gasteiger partial charge in [-0.3, -0.25) is 14.7 Å². The second kappa shape index (κ2) is 7.99. The standard InChI is InChI=1S/C22H24F2N4O/c1-14-25-11-20(27(14)2)15-3-4-16-10-26-19(8-18(16)7-15)9-21(29)17-5-6-28(12-17)13-22(23)24/h3-4,7-8,10-11,17,22H,5-6,9,12-13H2,1-2H3. The smallest absolute Gasteiger partial charge is 0.251 e. The zero-order valence-electron chi connectivity index (χ0n) is 16.6. The van der Waals surface area contributed by atoms with E-state index in [9.17, 15) is 13.6 Å². The van der Waals surface area contributed by atoms with E-state index in [0.717, 1.165) is 27.9 Å². The van der Waals surface area contributed by atoms with Crippen molar-refractivity contribution < 1.29 is 13.6 Å². The first-order valence-corrected chi connectivity index (χ1v) is 9.81. The number of aromatic nitrogens is 3. The molecule has 7 heteroatoms. The highest BCUT2D eigenvalue weighted by Gasteiger charge is 2.29. The lowest BCUT2D eigenvalue weighted by molar-refractivity contribution is -0.121. The number of aryl methyl sites for hydroxylation is 1. The van der Waals surface area contributed by atoms with E-state index < -0.39 is 6.43 Å². The molecule has 0 saturated carbocycles. The number of carbonyl (C=O) groups excluding carboxylic acids is 1. The highest BCUT2D eigenvalue weighted by molar-refractivity contribution is 5.88. The number of hydrogen-bond donors (Lipinski definition) is 0. The molecule has 1 aromatic carbocycles. The Labute approximate surface area is 168 Å². The fourth-order valence-corrected chi connectivity index (χ4v) is 3.99. The number of likely N-dealkylation sites (tertiary alicyclic amines) is 1. The number of pyridine rings is 1. The van der Waals surface area contributed by atoms with Gasteiger partial charge in [-0.2, -0.15) is 0 Å². The van der Waals surface area contributed by atoms with E-state index in [1.807, 2.05) is 42.9 Å². The molecule has 0 radical (unpaired) electrons. The summed E-state index contributed by atoms with van der Waals surface area (Å²) in [5.41, 5.74) is 2.81. The molecule has 0 aliphatic carbocycles. The Bertz CT molecular complexity index is 1050. The summed E-state index contributed by atoms with van der Waals surface area (Å²) in [5.74, 6) is 0.834. The molecule has 152 valence electrons. The number of carbonyl (C=O) groups is 1. The molecule has 1 aliphatic rings. The number of ketones is 1. The number of halogens is 2. The van der Waals surface area contributed by atoms with Crippen LogP contribution in [0, 0.1) is 12.8 Å². The van der Waals surface area contributed by atoms with Crippen LogP contribution in [0.25, 0.3) is 22.0 Å². The minimum absolute atomic E-state index is 0.0760. The number of hydrogen-bond acceptors (Lipinski definition) is 4. The number of imidazole rings is 1. The van der Waals surface area contributed by atoms with Gasteiger partial charge in [-0.05, 0) is 37.4 Å². The van der Waals surface area contributed by atoms with Gasteiger partial charge in [0.05, 0.1) is 18.4 Å². The van der Waals surface area contributed by atoms with Crippen molar-refractivity contribution in [2.24, 2.45) is 13.0 Å². The molecule has 0 spiro atoms. The van der Waals surface area contributed by atoms with Gasteiger partial charge in [0.25, 0.3) is 6.43 Å². The van der Waals surface area contributed by atoms with Gasteiger partial charge in [-0.1, -0.05) is 12.1 Å². The van der Waals surface area contributed by atoms with Gasteiger partial charge in [-0.25, -0.2) is 13.8 Å². The lowest BCUT2D eigenvalue weighted by Gasteiger charge is -2.14. The summed E-state index contributed by atoms with van der Waals surface area (Å²) in [6.07, 6.45) is 2.16. The van der Waals surface area contributed by atoms with Crippen LogP contribution in [-0.4, -0.2) is 51.3 Å². The highest BCUT2D eigenvalue weighted by Crippen LogP contribution is 2.26. The van der Waals surface area contributed by atoms with Gasteiger partial charge in [0.2, 0.25) is 0 Å². The van der Waals surface area contributed by atoms with Crippen molar-refractivity contribution in [3.05, 3.63) is 48.2 Å². The van der Waals surface area contributed by atoms with Gasteiger partial charge in [0, 0.05) is 48.8 Å². The molecule has 3 aromatic rings.